The maximum atomic E-state index is 12.3. The second-order valence-electron chi connectivity index (χ2n) is 5.68. The van der Waals surface area contributed by atoms with Gasteiger partial charge in [-0.3, -0.25) is 14.5 Å². The molecule has 8 heteroatoms. The lowest BCUT2D eigenvalue weighted by Gasteiger charge is -2.07. The van der Waals surface area contributed by atoms with Gasteiger partial charge in [-0.05, 0) is 41.5 Å². The Kier molecular flexibility index (Phi) is 5.38. The first-order chi connectivity index (χ1) is 12.8. The van der Waals surface area contributed by atoms with E-state index in [1.807, 2.05) is 0 Å². The average molecular weight is 397 g/mol. The number of anilines is 1. The first-order valence-electron chi connectivity index (χ1n) is 7.79. The second kappa shape index (κ2) is 7.73. The quantitative estimate of drug-likeness (QED) is 0.628. The van der Waals surface area contributed by atoms with E-state index in [-0.39, 0.29) is 17.4 Å². The molecule has 0 bridgehead atoms. The Morgan fingerprint density at radius 3 is 2.19 bits per heavy atom. The summed E-state index contributed by atoms with van der Waals surface area (Å²) >= 11 is 6.33. The van der Waals surface area contributed by atoms with Gasteiger partial charge in [0.15, 0.2) is 0 Å². The molecule has 2 aromatic carbocycles. The minimum Gasteiger partial charge on any atom is -0.545 e. The number of benzene rings is 2. The number of aromatic carboxylic acids is 1. The van der Waals surface area contributed by atoms with Crippen LogP contribution in [0.4, 0.5) is 5.69 Å². The van der Waals surface area contributed by atoms with E-state index in [1.54, 1.807) is 37.4 Å². The Hall–Kier alpha value is -2.97. The summed E-state index contributed by atoms with van der Waals surface area (Å²) < 4.78 is 0.506. The number of nitrogens with one attached hydrogen (secondary N) is 1. The number of amides is 2. The van der Waals surface area contributed by atoms with E-state index in [1.165, 1.54) is 40.9 Å². The zero-order valence-corrected chi connectivity index (χ0v) is 15.7. The molecule has 27 heavy (non-hydrogen) atoms. The number of carbonyl (C=O) groups is 3. The third kappa shape index (κ3) is 4.24. The van der Waals surface area contributed by atoms with Crippen molar-refractivity contribution in [2.24, 2.45) is 0 Å². The van der Waals surface area contributed by atoms with Crippen molar-refractivity contribution in [3.05, 3.63) is 70.1 Å². The van der Waals surface area contributed by atoms with Crippen LogP contribution in [0.2, 0.25) is 0 Å². The normalized spacial score (nSPS) is 15.3. The summed E-state index contributed by atoms with van der Waals surface area (Å²) in [4.78, 5) is 37.0. The minimum atomic E-state index is -1.27. The van der Waals surface area contributed by atoms with Gasteiger partial charge in [-0.2, -0.15) is 0 Å². The molecule has 0 unspecified atom stereocenters. The molecule has 3 rings (SSSR count). The summed E-state index contributed by atoms with van der Waals surface area (Å²) in [5.41, 5.74) is 1.72. The van der Waals surface area contributed by atoms with Gasteiger partial charge in [0.2, 0.25) is 0 Å². The van der Waals surface area contributed by atoms with Crippen LogP contribution in [0.15, 0.2) is 53.4 Å². The molecule has 0 aromatic heterocycles. The number of carbonyl (C=O) groups excluding carboxylic acids is 3. The molecule has 136 valence electrons. The zero-order valence-electron chi connectivity index (χ0n) is 14.1. The maximum absolute atomic E-state index is 12.3. The second-order valence-corrected chi connectivity index (χ2v) is 7.36. The molecular weight excluding hydrogens is 384 g/mol. The van der Waals surface area contributed by atoms with Gasteiger partial charge >= 0.3 is 0 Å². The highest BCUT2D eigenvalue weighted by molar-refractivity contribution is 8.26. The molecule has 0 aliphatic carbocycles. The van der Waals surface area contributed by atoms with Crippen molar-refractivity contribution in [1.82, 2.24) is 4.90 Å². The van der Waals surface area contributed by atoms with Crippen LogP contribution in [0, 0.1) is 0 Å². The van der Waals surface area contributed by atoms with Gasteiger partial charge in [0.1, 0.15) is 4.32 Å². The van der Waals surface area contributed by atoms with Crippen LogP contribution >= 0.6 is 24.0 Å². The number of thioether (sulfide) groups is 1. The molecule has 1 aliphatic heterocycles. The van der Waals surface area contributed by atoms with Crippen LogP contribution in [0.3, 0.4) is 0 Å². The van der Waals surface area contributed by atoms with Crippen molar-refractivity contribution in [1.29, 1.82) is 0 Å². The van der Waals surface area contributed by atoms with Crippen LogP contribution in [0.25, 0.3) is 6.08 Å². The smallest absolute Gasteiger partial charge is 0.265 e. The number of carboxylic acids is 1. The largest absolute Gasteiger partial charge is 0.545 e. The third-order valence-electron chi connectivity index (χ3n) is 3.84. The van der Waals surface area contributed by atoms with E-state index in [4.69, 9.17) is 12.2 Å². The van der Waals surface area contributed by atoms with Crippen molar-refractivity contribution >= 4 is 57.8 Å². The van der Waals surface area contributed by atoms with Gasteiger partial charge < -0.3 is 15.2 Å². The molecule has 2 aromatic rings. The van der Waals surface area contributed by atoms with Crippen LogP contribution < -0.4 is 10.4 Å². The van der Waals surface area contributed by atoms with E-state index in [9.17, 15) is 19.5 Å². The molecule has 1 heterocycles. The highest BCUT2D eigenvalue weighted by atomic mass is 32.2. The molecule has 0 saturated carbocycles. The van der Waals surface area contributed by atoms with Crippen molar-refractivity contribution < 1.29 is 19.5 Å². The SMILES string of the molecule is CN1C(=O)/C(=C\c2ccc(C(=O)Nc3ccc(C(=O)[O-])cc3)cc2)SC1=S. The molecule has 0 spiro atoms. The number of hydrogen-bond acceptors (Lipinski definition) is 6. The first kappa shape index (κ1) is 18.8. The van der Waals surface area contributed by atoms with Crippen molar-refractivity contribution in [3.63, 3.8) is 0 Å². The van der Waals surface area contributed by atoms with Gasteiger partial charge in [0.05, 0.1) is 10.9 Å². The topological polar surface area (TPSA) is 89.5 Å². The Morgan fingerprint density at radius 1 is 1.07 bits per heavy atom. The van der Waals surface area contributed by atoms with E-state index in [2.05, 4.69) is 5.32 Å². The maximum Gasteiger partial charge on any atom is 0.265 e. The molecule has 1 N–H and O–H groups in total. The van der Waals surface area contributed by atoms with E-state index >= 15 is 0 Å². The van der Waals surface area contributed by atoms with Gasteiger partial charge in [-0.15, -0.1) is 0 Å². The minimum absolute atomic E-state index is 0.0369. The van der Waals surface area contributed by atoms with Crippen molar-refractivity contribution in [2.75, 3.05) is 12.4 Å². The lowest BCUT2D eigenvalue weighted by Crippen LogP contribution is -2.22. The Bertz CT molecular complexity index is 966. The number of thiocarbonyl (C=S) groups is 1. The summed E-state index contributed by atoms with van der Waals surface area (Å²) in [5, 5.41) is 13.4. The number of likely N-dealkylation sites (N-methyl/N-ethyl adjacent to an activating group) is 1. The standard InChI is InChI=1S/C19H14N2O4S2/c1-21-17(23)15(27-19(21)26)10-11-2-4-12(5-3-11)16(22)20-14-8-6-13(7-9-14)18(24)25/h2-10H,1H3,(H,20,22)(H,24,25)/p-1/b15-10+. The van der Waals surface area contributed by atoms with Crippen LogP contribution in [0.5, 0.6) is 0 Å². The van der Waals surface area contributed by atoms with Gasteiger partial charge in [-0.25, -0.2) is 0 Å². The molecular formula is C19H13N2O4S2-. The molecule has 2 amide bonds. The van der Waals surface area contributed by atoms with Crippen LogP contribution in [0.1, 0.15) is 26.3 Å². The van der Waals surface area contributed by atoms with E-state index in [0.717, 1.165) is 5.56 Å². The monoisotopic (exact) mass is 397 g/mol. The summed E-state index contributed by atoms with van der Waals surface area (Å²) in [5.74, 6) is -1.75. The van der Waals surface area contributed by atoms with Gasteiger partial charge in [0.25, 0.3) is 11.8 Å². The number of hydrogen-bond donors (Lipinski definition) is 1. The van der Waals surface area contributed by atoms with Crippen molar-refractivity contribution in [3.8, 4) is 0 Å². The van der Waals surface area contributed by atoms with Gasteiger partial charge in [0, 0.05) is 18.3 Å². The highest BCUT2D eigenvalue weighted by Crippen LogP contribution is 2.31. The number of nitrogens with zero attached hydrogens (tertiary/aromatic N) is 1. The van der Waals surface area contributed by atoms with Gasteiger partial charge in [-0.1, -0.05) is 48.2 Å². The molecule has 1 fully saturated rings. The summed E-state index contributed by atoms with van der Waals surface area (Å²) in [6.07, 6.45) is 1.73. The fraction of sp³-hybridized carbons (Fsp3) is 0.0526. The average Bonchev–Trinajstić information content (AvgIpc) is 2.89. The summed E-state index contributed by atoms with van der Waals surface area (Å²) in [7, 11) is 1.63. The summed E-state index contributed by atoms with van der Waals surface area (Å²) in [6.45, 7) is 0. The van der Waals surface area contributed by atoms with Crippen LogP contribution in [-0.4, -0.2) is 34.1 Å². The molecule has 1 aliphatic rings. The number of rotatable bonds is 4. The third-order valence-corrected chi connectivity index (χ3v) is 5.32. The highest BCUT2D eigenvalue weighted by Gasteiger charge is 2.28. The molecule has 0 radical (unpaired) electrons. The fourth-order valence-corrected chi connectivity index (χ4v) is 3.50. The fourth-order valence-electron chi connectivity index (χ4n) is 2.32. The zero-order chi connectivity index (χ0) is 19.6. The summed E-state index contributed by atoms with van der Waals surface area (Å²) in [6, 6.07) is 12.4. The van der Waals surface area contributed by atoms with E-state index < -0.39 is 5.97 Å². The molecule has 0 atom stereocenters. The molecule has 1 saturated heterocycles. The number of carboxylic acid groups (broad SMARTS) is 1. The Balaban J connectivity index is 1.70. The van der Waals surface area contributed by atoms with E-state index in [0.29, 0.717) is 20.5 Å². The lowest BCUT2D eigenvalue weighted by molar-refractivity contribution is -0.255. The Morgan fingerprint density at radius 2 is 1.67 bits per heavy atom. The predicted molar refractivity (Wildman–Crippen MR) is 106 cm³/mol. The predicted octanol–water partition coefficient (Wildman–Crippen LogP) is 2.13. The molecule has 6 nitrogen and oxygen atoms in total. The van der Waals surface area contributed by atoms with Crippen LogP contribution in [-0.2, 0) is 4.79 Å². The first-order valence-corrected chi connectivity index (χ1v) is 9.02. The Labute approximate surface area is 164 Å². The van der Waals surface area contributed by atoms with Crippen molar-refractivity contribution in [2.45, 2.75) is 0 Å². The lowest BCUT2D eigenvalue weighted by atomic mass is 10.1.